The molecule has 35 heavy (non-hydrogen) atoms. The van der Waals surface area contributed by atoms with Crippen LogP contribution in [0.2, 0.25) is 5.02 Å². The van der Waals surface area contributed by atoms with Gasteiger partial charge in [0.05, 0.1) is 10.7 Å². The van der Waals surface area contributed by atoms with Crippen molar-refractivity contribution in [2.45, 2.75) is 57.2 Å². The molecule has 0 spiro atoms. The van der Waals surface area contributed by atoms with Gasteiger partial charge in [-0.1, -0.05) is 17.7 Å². The molecule has 1 aliphatic carbocycles. The lowest BCUT2D eigenvalue weighted by molar-refractivity contribution is 0.186. The third kappa shape index (κ3) is 6.08. The highest BCUT2D eigenvalue weighted by Gasteiger charge is 2.27. The van der Waals surface area contributed by atoms with Crippen LogP contribution in [0.5, 0.6) is 0 Å². The van der Waals surface area contributed by atoms with Crippen molar-refractivity contribution in [2.24, 2.45) is 0 Å². The first kappa shape index (κ1) is 23.9. The van der Waals surface area contributed by atoms with Crippen molar-refractivity contribution >= 4 is 23.2 Å². The molecule has 2 N–H and O–H groups in total. The third-order valence-electron chi connectivity index (χ3n) is 6.98. The van der Waals surface area contributed by atoms with Gasteiger partial charge < -0.3 is 15.5 Å². The van der Waals surface area contributed by atoms with E-state index in [9.17, 15) is 8.78 Å². The maximum atomic E-state index is 13.5. The minimum Gasteiger partial charge on any atom is -0.367 e. The molecule has 2 fully saturated rings. The van der Waals surface area contributed by atoms with Crippen LogP contribution in [-0.2, 0) is 6.54 Å². The van der Waals surface area contributed by atoms with Gasteiger partial charge in [0.15, 0.2) is 0 Å². The predicted octanol–water partition coefficient (Wildman–Crippen LogP) is 6.51. The monoisotopic (exact) mass is 497 g/mol. The van der Waals surface area contributed by atoms with Gasteiger partial charge in [0.25, 0.3) is 0 Å². The molecule has 3 heterocycles. The molecule has 2 aromatic heterocycles. The van der Waals surface area contributed by atoms with Crippen LogP contribution in [0.3, 0.4) is 0 Å². The number of nitrogens with zero attached hydrogens (tertiary/aromatic N) is 3. The molecule has 5 rings (SSSR count). The molecule has 0 bridgehead atoms. The number of pyridine rings is 2. The quantitative estimate of drug-likeness (QED) is 0.390. The summed E-state index contributed by atoms with van der Waals surface area (Å²) in [6.07, 6.45) is 9.06. The minimum absolute atomic E-state index is 0.252. The van der Waals surface area contributed by atoms with E-state index in [4.69, 9.17) is 11.6 Å². The van der Waals surface area contributed by atoms with Gasteiger partial charge in [-0.25, -0.2) is 18.7 Å². The number of nitrogens with one attached hydrogen (secondary N) is 2. The Bertz CT molecular complexity index is 1140. The van der Waals surface area contributed by atoms with Crippen molar-refractivity contribution in [3.63, 3.8) is 0 Å². The van der Waals surface area contributed by atoms with Gasteiger partial charge in [-0.15, -0.1) is 0 Å². The van der Waals surface area contributed by atoms with E-state index in [1.54, 1.807) is 6.20 Å². The molecule has 184 valence electrons. The molecule has 5 nitrogen and oxygen atoms in total. The number of hydrogen-bond acceptors (Lipinski definition) is 5. The van der Waals surface area contributed by atoms with Gasteiger partial charge in [-0.3, -0.25) is 0 Å². The molecular weight excluding hydrogens is 468 g/mol. The standard InChI is InChI=1S/C27H30ClF2N5/c28-24-17-32-27(33-21-6-8-22(9-7-21)35-10-1-2-11-35)15-23(24)25-4-3-5-26(34-25)31-16-18-12-19(29)14-20(30)13-18/h3-5,12-15,17,21-22H,1-2,6-11,16H2,(H,31,34)(H,32,33)/t21-,22-. The fraction of sp³-hybridized carbons (Fsp3) is 0.407. The minimum atomic E-state index is -0.600. The summed E-state index contributed by atoms with van der Waals surface area (Å²) in [5, 5.41) is 7.25. The van der Waals surface area contributed by atoms with Gasteiger partial charge in [0.2, 0.25) is 0 Å². The summed E-state index contributed by atoms with van der Waals surface area (Å²) in [6.45, 7) is 2.76. The maximum absolute atomic E-state index is 13.5. The van der Waals surface area contributed by atoms with Crippen LogP contribution in [0.15, 0.2) is 48.7 Å². The smallest absolute Gasteiger partial charge is 0.126 e. The van der Waals surface area contributed by atoms with Gasteiger partial charge in [0, 0.05) is 36.5 Å². The topological polar surface area (TPSA) is 53.1 Å². The van der Waals surface area contributed by atoms with Crippen molar-refractivity contribution in [1.29, 1.82) is 0 Å². The largest absolute Gasteiger partial charge is 0.367 e. The number of anilines is 2. The van der Waals surface area contributed by atoms with Crippen molar-refractivity contribution < 1.29 is 8.78 Å². The maximum Gasteiger partial charge on any atom is 0.126 e. The first-order valence-corrected chi connectivity index (χ1v) is 12.7. The van der Waals surface area contributed by atoms with Crippen molar-refractivity contribution in [3.05, 3.63) is 70.9 Å². The Hall–Kier alpha value is -2.77. The zero-order chi connectivity index (χ0) is 24.2. The Kier molecular flexibility index (Phi) is 7.44. The summed E-state index contributed by atoms with van der Waals surface area (Å²) < 4.78 is 26.9. The second kappa shape index (κ2) is 10.9. The summed E-state index contributed by atoms with van der Waals surface area (Å²) in [7, 11) is 0. The van der Waals surface area contributed by atoms with E-state index in [-0.39, 0.29) is 6.54 Å². The Morgan fingerprint density at radius 2 is 1.69 bits per heavy atom. The highest BCUT2D eigenvalue weighted by atomic mass is 35.5. The van der Waals surface area contributed by atoms with Crippen molar-refractivity contribution in [2.75, 3.05) is 23.7 Å². The third-order valence-corrected chi connectivity index (χ3v) is 7.28. The molecule has 1 aromatic carbocycles. The fourth-order valence-corrected chi connectivity index (χ4v) is 5.40. The molecule has 2 aliphatic rings. The summed E-state index contributed by atoms with van der Waals surface area (Å²) >= 11 is 6.49. The van der Waals surface area contributed by atoms with E-state index in [0.717, 1.165) is 36.3 Å². The van der Waals surface area contributed by atoms with E-state index in [2.05, 4.69) is 25.5 Å². The predicted molar refractivity (Wildman–Crippen MR) is 137 cm³/mol. The van der Waals surface area contributed by atoms with Crippen LogP contribution in [0, 0.1) is 11.6 Å². The molecule has 0 radical (unpaired) electrons. The van der Waals surface area contributed by atoms with Gasteiger partial charge in [0.1, 0.15) is 23.3 Å². The number of aromatic nitrogens is 2. The summed E-state index contributed by atoms with van der Waals surface area (Å²) in [6, 6.07) is 12.1. The van der Waals surface area contributed by atoms with Gasteiger partial charge in [-0.05, 0) is 87.5 Å². The normalized spacial score (nSPS) is 20.7. The van der Waals surface area contributed by atoms with Crippen LogP contribution in [0.1, 0.15) is 44.1 Å². The van der Waals surface area contributed by atoms with Crippen LogP contribution in [-0.4, -0.2) is 40.0 Å². The Balaban J connectivity index is 1.24. The van der Waals surface area contributed by atoms with Crippen LogP contribution in [0.4, 0.5) is 20.4 Å². The second-order valence-electron chi connectivity index (χ2n) is 9.48. The molecule has 1 aliphatic heterocycles. The van der Waals surface area contributed by atoms with Crippen LogP contribution >= 0.6 is 11.6 Å². The Labute approximate surface area is 209 Å². The molecule has 0 unspecified atom stereocenters. The van der Waals surface area contributed by atoms with Gasteiger partial charge in [-0.2, -0.15) is 0 Å². The Morgan fingerprint density at radius 3 is 2.43 bits per heavy atom. The van der Waals surface area contributed by atoms with Crippen molar-refractivity contribution in [3.8, 4) is 11.3 Å². The number of likely N-dealkylation sites (tertiary alicyclic amines) is 1. The number of hydrogen-bond donors (Lipinski definition) is 2. The van der Waals surface area contributed by atoms with Gasteiger partial charge >= 0.3 is 0 Å². The number of halogens is 3. The number of rotatable bonds is 7. The highest BCUT2D eigenvalue weighted by molar-refractivity contribution is 6.33. The summed E-state index contributed by atoms with van der Waals surface area (Å²) in [5.74, 6) is 0.187. The first-order valence-electron chi connectivity index (χ1n) is 12.4. The average Bonchev–Trinajstić information content (AvgIpc) is 3.39. The van der Waals surface area contributed by atoms with Crippen LogP contribution < -0.4 is 10.6 Å². The molecule has 0 atom stereocenters. The lowest BCUT2D eigenvalue weighted by atomic mass is 9.90. The lowest BCUT2D eigenvalue weighted by Gasteiger charge is -2.35. The fourth-order valence-electron chi connectivity index (χ4n) is 5.20. The van der Waals surface area contributed by atoms with Crippen LogP contribution in [0.25, 0.3) is 11.3 Å². The van der Waals surface area contributed by atoms with Crippen molar-refractivity contribution in [1.82, 2.24) is 14.9 Å². The zero-order valence-electron chi connectivity index (χ0n) is 19.6. The average molecular weight is 498 g/mol. The Morgan fingerprint density at radius 1 is 0.943 bits per heavy atom. The van der Waals surface area contributed by atoms with E-state index < -0.39 is 11.6 Å². The zero-order valence-corrected chi connectivity index (χ0v) is 20.4. The van der Waals surface area contributed by atoms with E-state index in [1.165, 1.54) is 50.9 Å². The summed E-state index contributed by atoms with van der Waals surface area (Å²) in [4.78, 5) is 11.8. The van der Waals surface area contributed by atoms with E-state index in [0.29, 0.717) is 28.1 Å². The first-order chi connectivity index (χ1) is 17.0. The number of benzene rings is 1. The SMILES string of the molecule is Fc1cc(F)cc(CNc2cccc(-c3cc(N[C@H]4CC[C@H](N5CCCC5)CC4)ncc3Cl)n2)c1. The summed E-state index contributed by atoms with van der Waals surface area (Å²) in [5.41, 5.74) is 1.99. The van der Waals surface area contributed by atoms with E-state index >= 15 is 0 Å². The highest BCUT2D eigenvalue weighted by Crippen LogP contribution is 2.31. The molecule has 1 saturated heterocycles. The molecule has 8 heteroatoms. The molecular formula is C27H30ClF2N5. The molecule has 3 aromatic rings. The molecule has 0 amide bonds. The molecule has 1 saturated carbocycles. The second-order valence-corrected chi connectivity index (χ2v) is 9.89. The van der Waals surface area contributed by atoms with E-state index in [1.807, 2.05) is 24.3 Å². The lowest BCUT2D eigenvalue weighted by Crippen LogP contribution is -2.38.